The smallest absolute Gasteiger partial charge is 0.504 e. The van der Waals surface area contributed by atoms with E-state index in [0.717, 1.165) is 6.07 Å². The molecule has 2 atom stereocenters. The molecule has 0 radical (unpaired) electrons. The van der Waals surface area contributed by atoms with Crippen LogP contribution in [0, 0.1) is 0 Å². The lowest BCUT2D eigenvalue weighted by Gasteiger charge is -2.14. The molecule has 0 saturated carbocycles. The first-order valence-corrected chi connectivity index (χ1v) is 9.11. The number of aliphatic carboxylic acids is 1. The number of carbonyl (C=O) groups is 2. The van der Waals surface area contributed by atoms with Crippen molar-refractivity contribution in [1.29, 1.82) is 0 Å². The number of carboxylic acids is 1. The molecule has 0 aliphatic rings. The highest BCUT2D eigenvalue weighted by atomic mass is 31.2. The number of hydrogen-bond acceptors (Lipinski definition) is 7. The van der Waals surface area contributed by atoms with Crippen LogP contribution in [0.25, 0.3) is 0 Å². The zero-order valence-corrected chi connectivity index (χ0v) is 14.6. The molecule has 2 unspecified atom stereocenters. The Kier molecular flexibility index (Phi) is 8.00. The molecular formula is C14H22N3O8P. The van der Waals surface area contributed by atoms with Gasteiger partial charge in [0.05, 0.1) is 6.04 Å². The number of rotatable bonds is 10. The summed E-state index contributed by atoms with van der Waals surface area (Å²) in [6.45, 7) is 0.216. The average Bonchev–Trinajstić information content (AvgIpc) is 2.52. The van der Waals surface area contributed by atoms with Crippen molar-refractivity contribution >= 4 is 19.7 Å². The zero-order valence-electron chi connectivity index (χ0n) is 13.7. The van der Waals surface area contributed by atoms with Gasteiger partial charge in [0.2, 0.25) is 5.91 Å². The van der Waals surface area contributed by atoms with Crippen molar-refractivity contribution in [2.45, 2.75) is 31.3 Å². The van der Waals surface area contributed by atoms with Crippen molar-refractivity contribution in [3.63, 3.8) is 0 Å². The predicted octanol–water partition coefficient (Wildman–Crippen LogP) is -0.958. The molecule has 0 fully saturated rings. The first kappa shape index (κ1) is 21.9. The van der Waals surface area contributed by atoms with Crippen LogP contribution in [0.5, 0.6) is 11.5 Å². The Morgan fingerprint density at radius 2 is 1.88 bits per heavy atom. The topological polar surface area (TPSA) is 205 Å². The normalized spacial score (nSPS) is 13.7. The second-order valence-electron chi connectivity index (χ2n) is 5.57. The lowest BCUT2D eigenvalue weighted by atomic mass is 10.1. The number of nitrogens with two attached hydrogens (primary N) is 2. The molecule has 0 aliphatic heterocycles. The molecule has 9 N–H and O–H groups in total. The monoisotopic (exact) mass is 391 g/mol. The number of phosphoric ester groups is 1. The minimum Gasteiger partial charge on any atom is -0.504 e. The molecule has 1 amide bonds. The van der Waals surface area contributed by atoms with Crippen molar-refractivity contribution in [1.82, 2.24) is 5.32 Å². The van der Waals surface area contributed by atoms with Gasteiger partial charge in [-0.15, -0.1) is 0 Å². The van der Waals surface area contributed by atoms with E-state index in [1.165, 1.54) is 12.1 Å². The minimum absolute atomic E-state index is 0.0597. The van der Waals surface area contributed by atoms with Gasteiger partial charge in [-0.25, -0.2) is 4.57 Å². The highest BCUT2D eigenvalue weighted by Gasteiger charge is 2.20. The quantitative estimate of drug-likeness (QED) is 0.192. The van der Waals surface area contributed by atoms with E-state index in [4.69, 9.17) is 26.4 Å². The van der Waals surface area contributed by atoms with Crippen LogP contribution in [0.4, 0.5) is 0 Å². The molecule has 1 aromatic carbocycles. The molecule has 1 aromatic rings. The van der Waals surface area contributed by atoms with E-state index >= 15 is 0 Å². The van der Waals surface area contributed by atoms with E-state index in [1.807, 2.05) is 0 Å². The molecule has 1 rings (SSSR count). The fourth-order valence-corrected chi connectivity index (χ4v) is 2.44. The van der Waals surface area contributed by atoms with Gasteiger partial charge in [0.25, 0.3) is 0 Å². The van der Waals surface area contributed by atoms with Crippen molar-refractivity contribution in [3.8, 4) is 11.5 Å². The number of carboxylic acid groups (broad SMARTS) is 1. The molecule has 26 heavy (non-hydrogen) atoms. The molecule has 12 heteroatoms. The summed E-state index contributed by atoms with van der Waals surface area (Å²) in [5, 5.41) is 20.9. The Balaban J connectivity index is 2.50. The molecule has 0 aromatic heterocycles. The lowest BCUT2D eigenvalue weighted by molar-refractivity contribution is -0.138. The molecular weight excluding hydrogens is 369 g/mol. The maximum Gasteiger partial charge on any atom is 0.524 e. The third kappa shape index (κ3) is 7.81. The Morgan fingerprint density at radius 3 is 2.42 bits per heavy atom. The van der Waals surface area contributed by atoms with Crippen LogP contribution in [-0.4, -0.2) is 50.5 Å². The van der Waals surface area contributed by atoms with Crippen molar-refractivity contribution in [2.75, 3.05) is 6.54 Å². The maximum atomic E-state index is 11.9. The van der Waals surface area contributed by atoms with Crippen molar-refractivity contribution in [3.05, 3.63) is 23.8 Å². The predicted molar refractivity (Wildman–Crippen MR) is 90.3 cm³/mol. The van der Waals surface area contributed by atoms with Gasteiger partial charge in [0, 0.05) is 6.54 Å². The first-order chi connectivity index (χ1) is 12.0. The summed E-state index contributed by atoms with van der Waals surface area (Å²) in [4.78, 5) is 39.9. The highest BCUT2D eigenvalue weighted by molar-refractivity contribution is 7.46. The Bertz CT molecular complexity index is 693. The van der Waals surface area contributed by atoms with Gasteiger partial charge >= 0.3 is 13.8 Å². The number of benzene rings is 1. The average molecular weight is 391 g/mol. The number of aromatic hydroxyl groups is 1. The van der Waals surface area contributed by atoms with Crippen LogP contribution < -0.4 is 21.3 Å². The fourth-order valence-electron chi connectivity index (χ4n) is 2.03. The fraction of sp³-hybridized carbons (Fsp3) is 0.429. The van der Waals surface area contributed by atoms with Crippen LogP contribution in [0.3, 0.4) is 0 Å². The number of amides is 1. The van der Waals surface area contributed by atoms with Gasteiger partial charge in [0.15, 0.2) is 11.5 Å². The Morgan fingerprint density at radius 1 is 1.23 bits per heavy atom. The van der Waals surface area contributed by atoms with Gasteiger partial charge in [-0.05, 0) is 37.0 Å². The minimum atomic E-state index is -4.80. The van der Waals surface area contributed by atoms with Gasteiger partial charge in [-0.2, -0.15) is 0 Å². The zero-order chi connectivity index (χ0) is 19.9. The number of phosphoric acid groups is 1. The van der Waals surface area contributed by atoms with E-state index in [1.54, 1.807) is 0 Å². The molecule has 0 saturated heterocycles. The lowest BCUT2D eigenvalue weighted by Crippen LogP contribution is -2.42. The summed E-state index contributed by atoms with van der Waals surface area (Å²) >= 11 is 0. The third-order valence-corrected chi connectivity index (χ3v) is 3.78. The number of nitrogens with one attached hydrogen (secondary N) is 1. The van der Waals surface area contributed by atoms with Gasteiger partial charge in [0.1, 0.15) is 6.04 Å². The Labute approximate surface area is 149 Å². The van der Waals surface area contributed by atoms with Crippen LogP contribution in [0.15, 0.2) is 18.2 Å². The summed E-state index contributed by atoms with van der Waals surface area (Å²) in [5.41, 5.74) is 11.6. The van der Waals surface area contributed by atoms with Crippen molar-refractivity contribution in [2.24, 2.45) is 11.5 Å². The van der Waals surface area contributed by atoms with E-state index in [-0.39, 0.29) is 19.4 Å². The summed E-state index contributed by atoms with van der Waals surface area (Å²) < 4.78 is 15.1. The maximum absolute atomic E-state index is 11.9. The SMILES string of the molecule is NC(CCCNC(=O)C(N)Cc1ccc(OP(=O)(O)O)c(O)c1)C(=O)O. The Hall–Kier alpha value is -2.17. The highest BCUT2D eigenvalue weighted by Crippen LogP contribution is 2.41. The van der Waals surface area contributed by atoms with Crippen LogP contribution in [0.2, 0.25) is 0 Å². The van der Waals surface area contributed by atoms with Gasteiger partial charge < -0.3 is 31.5 Å². The molecule has 11 nitrogen and oxygen atoms in total. The van der Waals surface area contributed by atoms with Crippen LogP contribution in [-0.2, 0) is 20.6 Å². The van der Waals surface area contributed by atoms with Crippen LogP contribution in [0.1, 0.15) is 18.4 Å². The van der Waals surface area contributed by atoms with E-state index in [2.05, 4.69) is 9.84 Å². The second-order valence-corrected chi connectivity index (χ2v) is 6.74. The standard InChI is InChI=1S/C14H22N3O8P/c15-9(14(20)21)2-1-5-17-13(19)10(16)6-8-3-4-12(11(18)7-8)25-26(22,23)24/h3-4,7,9-10,18H,1-2,5-6,15-16H2,(H,17,19)(H,20,21)(H2,22,23,24). The largest absolute Gasteiger partial charge is 0.524 e. The summed E-state index contributed by atoms with van der Waals surface area (Å²) in [6, 6.07) is 1.82. The summed E-state index contributed by atoms with van der Waals surface area (Å²) in [7, 11) is -4.80. The van der Waals surface area contributed by atoms with Gasteiger partial charge in [-0.3, -0.25) is 19.4 Å². The third-order valence-electron chi connectivity index (χ3n) is 3.34. The molecule has 0 heterocycles. The number of phenols is 1. The van der Waals surface area contributed by atoms with Gasteiger partial charge in [-0.1, -0.05) is 6.07 Å². The molecule has 0 spiro atoms. The van der Waals surface area contributed by atoms with E-state index in [9.17, 15) is 19.3 Å². The summed E-state index contributed by atoms with van der Waals surface area (Å²) in [6.07, 6.45) is 0.644. The number of phenolic OH excluding ortho intramolecular Hbond substituents is 1. The number of carbonyl (C=O) groups excluding carboxylic acids is 1. The molecule has 146 valence electrons. The second kappa shape index (κ2) is 9.51. The van der Waals surface area contributed by atoms with Crippen LogP contribution >= 0.6 is 7.82 Å². The van der Waals surface area contributed by atoms with E-state index < -0.39 is 43.3 Å². The first-order valence-electron chi connectivity index (χ1n) is 7.58. The molecule has 0 bridgehead atoms. The molecule has 0 aliphatic carbocycles. The van der Waals surface area contributed by atoms with Crippen molar-refractivity contribution < 1.29 is 38.7 Å². The number of hydrogen-bond donors (Lipinski definition) is 7. The summed E-state index contributed by atoms with van der Waals surface area (Å²) in [5.74, 6) is -2.47. The van der Waals surface area contributed by atoms with E-state index in [0.29, 0.717) is 12.0 Å².